The number of hydrogen-bond acceptors (Lipinski definition) is 5. The first-order valence-electron chi connectivity index (χ1n) is 3.45. The Morgan fingerprint density at radius 3 is 1.71 bits per heavy atom. The minimum Gasteiger partial charge on any atom is -0.400 e. The molecule has 0 radical (unpaired) electrons. The van der Waals surface area contributed by atoms with Gasteiger partial charge in [-0.3, -0.25) is 20.2 Å². The number of nitro groups is 2. The molecule has 0 aliphatic heterocycles. The van der Waals surface area contributed by atoms with E-state index in [2.05, 4.69) is 0 Å². The van der Waals surface area contributed by atoms with Crippen molar-refractivity contribution in [3.63, 3.8) is 0 Å². The summed E-state index contributed by atoms with van der Waals surface area (Å²) in [6, 6.07) is 4.59. The van der Waals surface area contributed by atoms with E-state index in [0.29, 0.717) is 0 Å². The van der Waals surface area contributed by atoms with E-state index >= 15 is 0 Å². The molecule has 76 valence electrons. The lowest BCUT2D eigenvalue weighted by Crippen LogP contribution is -1.91. The molecule has 7 nitrogen and oxygen atoms in total. The van der Waals surface area contributed by atoms with Crippen molar-refractivity contribution in [3.8, 4) is 0 Å². The van der Waals surface area contributed by atoms with Gasteiger partial charge in [0, 0.05) is 19.2 Å². The summed E-state index contributed by atoms with van der Waals surface area (Å²) in [5.74, 6) is 0. The second-order valence-corrected chi connectivity index (χ2v) is 2.03. The highest BCUT2D eigenvalue weighted by atomic mass is 16.6. The predicted molar refractivity (Wildman–Crippen MR) is 47.9 cm³/mol. The van der Waals surface area contributed by atoms with Gasteiger partial charge in [0.1, 0.15) is 0 Å². The van der Waals surface area contributed by atoms with Gasteiger partial charge in [0.25, 0.3) is 11.4 Å². The quantitative estimate of drug-likeness (QED) is 0.568. The van der Waals surface area contributed by atoms with Crippen LogP contribution < -0.4 is 0 Å². The van der Waals surface area contributed by atoms with Gasteiger partial charge >= 0.3 is 0 Å². The molecule has 0 aliphatic rings. The summed E-state index contributed by atoms with van der Waals surface area (Å²) in [6.07, 6.45) is 0. The molecule has 0 aromatic heterocycles. The monoisotopic (exact) mass is 200 g/mol. The summed E-state index contributed by atoms with van der Waals surface area (Å²) in [5.41, 5.74) is -0.548. The molecule has 1 rings (SSSR count). The van der Waals surface area contributed by atoms with E-state index in [-0.39, 0.29) is 11.4 Å². The molecule has 1 aromatic carbocycles. The van der Waals surface area contributed by atoms with Gasteiger partial charge in [-0.15, -0.1) is 0 Å². The van der Waals surface area contributed by atoms with Crippen LogP contribution in [-0.2, 0) is 0 Å². The Morgan fingerprint density at radius 2 is 1.43 bits per heavy atom. The zero-order chi connectivity index (χ0) is 11.1. The zero-order valence-corrected chi connectivity index (χ0v) is 7.28. The van der Waals surface area contributed by atoms with Gasteiger partial charge in [-0.25, -0.2) is 0 Å². The molecule has 0 spiro atoms. The lowest BCUT2D eigenvalue weighted by molar-refractivity contribution is -0.394. The van der Waals surface area contributed by atoms with Crippen molar-refractivity contribution in [2.75, 3.05) is 7.11 Å². The summed E-state index contributed by atoms with van der Waals surface area (Å²) in [6.45, 7) is 0. The lowest BCUT2D eigenvalue weighted by atomic mass is 10.3. The van der Waals surface area contributed by atoms with Gasteiger partial charge in [-0.2, -0.15) is 0 Å². The van der Waals surface area contributed by atoms with Gasteiger partial charge in [0.05, 0.1) is 15.9 Å². The third-order valence-corrected chi connectivity index (χ3v) is 1.25. The molecule has 0 aliphatic carbocycles. The molecule has 0 saturated carbocycles. The first-order chi connectivity index (χ1) is 6.61. The first kappa shape index (κ1) is 12.0. The Bertz CT molecular complexity index is 309. The van der Waals surface area contributed by atoms with E-state index in [1.807, 2.05) is 0 Å². The van der Waals surface area contributed by atoms with E-state index in [1.54, 1.807) is 0 Å². The fourth-order valence-electron chi connectivity index (χ4n) is 0.720. The zero-order valence-electron chi connectivity index (χ0n) is 7.28. The summed E-state index contributed by atoms with van der Waals surface area (Å²) >= 11 is 0. The van der Waals surface area contributed by atoms with Crippen LogP contribution in [0.3, 0.4) is 0 Å². The minimum absolute atomic E-state index is 0.274. The lowest BCUT2D eigenvalue weighted by Gasteiger charge is -1.90. The van der Waals surface area contributed by atoms with Gasteiger partial charge in [0.15, 0.2) is 0 Å². The van der Waals surface area contributed by atoms with Crippen molar-refractivity contribution in [1.29, 1.82) is 0 Å². The van der Waals surface area contributed by atoms with Crippen LogP contribution in [-0.4, -0.2) is 22.1 Å². The van der Waals surface area contributed by atoms with Crippen LogP contribution >= 0.6 is 0 Å². The number of nitrogens with zero attached hydrogens (tertiary/aromatic N) is 2. The number of benzene rings is 1. The maximum absolute atomic E-state index is 10.2. The smallest absolute Gasteiger partial charge is 0.276 e. The summed E-state index contributed by atoms with van der Waals surface area (Å²) in [5, 5.41) is 27.3. The third-order valence-electron chi connectivity index (χ3n) is 1.25. The Balaban J connectivity index is 0.000000791. The Kier molecular flexibility index (Phi) is 4.79. The van der Waals surface area contributed by atoms with Crippen molar-refractivity contribution in [3.05, 3.63) is 44.5 Å². The predicted octanol–water partition coefficient (Wildman–Crippen LogP) is 1.11. The van der Waals surface area contributed by atoms with Crippen LogP contribution in [0.25, 0.3) is 0 Å². The largest absolute Gasteiger partial charge is 0.400 e. The number of non-ortho nitro benzene ring substituents is 2. The summed E-state index contributed by atoms with van der Waals surface area (Å²) < 4.78 is 0. The molecule has 0 amide bonds. The summed E-state index contributed by atoms with van der Waals surface area (Å²) in [4.78, 5) is 19.0. The number of aliphatic hydroxyl groups excluding tert-OH is 1. The highest BCUT2D eigenvalue weighted by Crippen LogP contribution is 2.18. The Morgan fingerprint density at radius 1 is 1.07 bits per heavy atom. The average Bonchev–Trinajstić information content (AvgIpc) is 2.21. The van der Waals surface area contributed by atoms with Crippen LogP contribution in [0.5, 0.6) is 0 Å². The van der Waals surface area contributed by atoms with Crippen LogP contribution in [0, 0.1) is 20.2 Å². The molecule has 7 heteroatoms. The van der Waals surface area contributed by atoms with Gasteiger partial charge in [-0.1, -0.05) is 0 Å². The molecule has 0 unspecified atom stereocenters. The maximum atomic E-state index is 10.2. The van der Waals surface area contributed by atoms with E-state index in [4.69, 9.17) is 5.11 Å². The minimum atomic E-state index is -0.674. The maximum Gasteiger partial charge on any atom is 0.276 e. The van der Waals surface area contributed by atoms with Crippen molar-refractivity contribution in [2.45, 2.75) is 0 Å². The second kappa shape index (κ2) is 5.60. The first-order valence-corrected chi connectivity index (χ1v) is 3.45. The Hall–Kier alpha value is -2.02. The Labute approximate surface area is 78.9 Å². The van der Waals surface area contributed by atoms with Gasteiger partial charge in [-0.05, 0) is 6.07 Å². The molecule has 1 aromatic rings. The topological polar surface area (TPSA) is 107 Å². The van der Waals surface area contributed by atoms with Gasteiger partial charge in [0.2, 0.25) is 0 Å². The second-order valence-electron chi connectivity index (χ2n) is 2.03. The molecule has 0 bridgehead atoms. The van der Waals surface area contributed by atoms with E-state index < -0.39 is 9.85 Å². The number of rotatable bonds is 2. The average molecular weight is 200 g/mol. The molecular formula is C7H8N2O5. The van der Waals surface area contributed by atoms with Crippen LogP contribution in [0.1, 0.15) is 0 Å². The van der Waals surface area contributed by atoms with Crippen LogP contribution in [0.4, 0.5) is 11.4 Å². The van der Waals surface area contributed by atoms with Gasteiger partial charge < -0.3 is 5.11 Å². The molecule has 0 atom stereocenters. The molecule has 0 fully saturated rings. The van der Waals surface area contributed by atoms with E-state index in [0.717, 1.165) is 13.2 Å². The fraction of sp³-hybridized carbons (Fsp3) is 0.143. The molecular weight excluding hydrogens is 192 g/mol. The van der Waals surface area contributed by atoms with Crippen molar-refractivity contribution < 1.29 is 15.0 Å². The third kappa shape index (κ3) is 3.15. The van der Waals surface area contributed by atoms with Crippen LogP contribution in [0.2, 0.25) is 0 Å². The summed E-state index contributed by atoms with van der Waals surface area (Å²) in [7, 11) is 1.00. The number of hydrogen-bond donors (Lipinski definition) is 1. The molecule has 0 heterocycles. The molecule has 14 heavy (non-hydrogen) atoms. The van der Waals surface area contributed by atoms with Crippen LogP contribution in [0.15, 0.2) is 24.3 Å². The molecule has 1 N–H and O–H groups in total. The van der Waals surface area contributed by atoms with Crippen molar-refractivity contribution in [2.24, 2.45) is 0 Å². The number of nitro benzene ring substituents is 2. The van der Waals surface area contributed by atoms with Crippen molar-refractivity contribution >= 4 is 11.4 Å². The van der Waals surface area contributed by atoms with E-state index in [1.165, 1.54) is 18.2 Å². The van der Waals surface area contributed by atoms with E-state index in [9.17, 15) is 20.2 Å². The fourth-order valence-corrected chi connectivity index (χ4v) is 0.720. The SMILES string of the molecule is CO.O=[N+]([O-])c1cccc([N+](=O)[O-])c1. The highest BCUT2D eigenvalue weighted by Gasteiger charge is 2.11. The molecule has 0 saturated heterocycles. The number of aliphatic hydroxyl groups is 1. The van der Waals surface area contributed by atoms with Crippen molar-refractivity contribution in [1.82, 2.24) is 0 Å². The highest BCUT2D eigenvalue weighted by molar-refractivity contribution is 5.42. The standard InChI is InChI=1S/C6H4N2O4.CH4O/c9-7(10)5-2-1-3-6(4-5)8(11)12;1-2/h1-4H;2H,1H3. The normalized spacial score (nSPS) is 8.43.